The Morgan fingerprint density at radius 3 is 2.12 bits per heavy atom. The molecule has 0 bridgehead atoms. The minimum atomic E-state index is 0. The average Bonchev–Trinajstić information content (AvgIpc) is 3.28. The van der Waals surface area contributed by atoms with Crippen LogP contribution in [0.15, 0.2) is 85.0 Å². The SMILES string of the molecule is C[Si](C)=[Zr+2].[C-]1=CC=CC1.[Cl-].[Cl-].c1ccc(-c2c[cH-]c3ccccc23)cc1. The van der Waals surface area contributed by atoms with E-state index >= 15 is 0 Å². The molecule has 4 rings (SSSR count). The Labute approximate surface area is 185 Å². The molecule has 3 aromatic rings. The first-order valence-electron chi connectivity index (χ1n) is 8.12. The van der Waals surface area contributed by atoms with Gasteiger partial charge in [-0.05, 0) is 0 Å². The molecule has 0 saturated carbocycles. The van der Waals surface area contributed by atoms with E-state index < -0.39 is 0 Å². The quantitative estimate of drug-likeness (QED) is 0.351. The van der Waals surface area contributed by atoms with Crippen molar-refractivity contribution in [1.82, 2.24) is 0 Å². The summed E-state index contributed by atoms with van der Waals surface area (Å²) in [5.41, 5.74) is 2.83. The van der Waals surface area contributed by atoms with E-state index in [0.29, 0.717) is 0 Å². The third kappa shape index (κ3) is 8.73. The van der Waals surface area contributed by atoms with Gasteiger partial charge < -0.3 is 24.8 Å². The van der Waals surface area contributed by atoms with Crippen LogP contribution < -0.4 is 24.8 Å². The molecular weight excluding hydrogens is 454 g/mol. The first-order valence-corrected chi connectivity index (χ1v) is 14.3. The van der Waals surface area contributed by atoms with Crippen molar-refractivity contribution in [2.75, 3.05) is 0 Å². The minimum absolute atomic E-state index is 0. The molecule has 0 saturated heterocycles. The van der Waals surface area contributed by atoms with Crippen LogP contribution in [0, 0.1) is 6.08 Å². The summed E-state index contributed by atoms with van der Waals surface area (Å²) in [4.78, 5) is 0. The fraction of sp³-hybridized carbons (Fsp3) is 0.136. The van der Waals surface area contributed by atoms with Crippen LogP contribution in [0.2, 0.25) is 13.1 Å². The van der Waals surface area contributed by atoms with Crippen molar-refractivity contribution in [2.45, 2.75) is 19.5 Å². The Kier molecular flexibility index (Phi) is 13.9. The molecular formula is C22H22Cl2SiZr-2. The third-order valence-corrected chi connectivity index (χ3v) is 3.35. The summed E-state index contributed by atoms with van der Waals surface area (Å²) in [6, 6.07) is 23.4. The Morgan fingerprint density at radius 1 is 0.962 bits per heavy atom. The van der Waals surface area contributed by atoms with E-state index in [2.05, 4.69) is 92.0 Å². The molecule has 0 aliphatic heterocycles. The van der Waals surface area contributed by atoms with Crippen molar-refractivity contribution in [1.29, 1.82) is 0 Å². The third-order valence-electron chi connectivity index (χ3n) is 3.35. The summed E-state index contributed by atoms with van der Waals surface area (Å²) < 4.78 is 0. The Morgan fingerprint density at radius 2 is 1.58 bits per heavy atom. The van der Waals surface area contributed by atoms with Crippen LogP contribution >= 0.6 is 0 Å². The van der Waals surface area contributed by atoms with Gasteiger partial charge in [-0.1, -0.05) is 42.0 Å². The van der Waals surface area contributed by atoms with Gasteiger partial charge in [0.25, 0.3) is 0 Å². The van der Waals surface area contributed by atoms with Crippen molar-refractivity contribution < 1.29 is 48.1 Å². The van der Waals surface area contributed by atoms with Gasteiger partial charge >= 0.3 is 41.9 Å². The van der Waals surface area contributed by atoms with Gasteiger partial charge in [0.15, 0.2) is 0 Å². The van der Waals surface area contributed by atoms with Crippen molar-refractivity contribution in [3.05, 3.63) is 91.0 Å². The molecule has 0 aromatic heterocycles. The molecule has 26 heavy (non-hydrogen) atoms. The minimum Gasteiger partial charge on any atom is -1.00 e. The van der Waals surface area contributed by atoms with Gasteiger partial charge in [-0.2, -0.15) is 6.08 Å². The number of halogens is 2. The Hall–Kier alpha value is -0.790. The van der Waals surface area contributed by atoms with Gasteiger partial charge in [-0.25, -0.2) is 12.2 Å². The second-order valence-electron chi connectivity index (χ2n) is 5.70. The van der Waals surface area contributed by atoms with Crippen molar-refractivity contribution in [2.24, 2.45) is 0 Å². The number of fused-ring (bicyclic) bond motifs is 1. The number of hydrogen-bond acceptors (Lipinski definition) is 0. The van der Waals surface area contributed by atoms with Gasteiger partial charge in [0.1, 0.15) is 0 Å². The first kappa shape index (κ1) is 25.2. The van der Waals surface area contributed by atoms with Gasteiger partial charge in [0.05, 0.1) is 0 Å². The van der Waals surface area contributed by atoms with Crippen LogP contribution in [0.25, 0.3) is 21.9 Å². The average molecular weight is 477 g/mol. The molecule has 0 fully saturated rings. The van der Waals surface area contributed by atoms with E-state index in [1.165, 1.54) is 21.9 Å². The zero-order chi connectivity index (χ0) is 17.2. The van der Waals surface area contributed by atoms with Crippen LogP contribution in [-0.4, -0.2) is 5.43 Å². The summed E-state index contributed by atoms with van der Waals surface area (Å²) in [7, 11) is 0. The molecule has 4 heteroatoms. The van der Waals surface area contributed by atoms with Crippen LogP contribution in [0.5, 0.6) is 0 Å². The fourth-order valence-electron chi connectivity index (χ4n) is 2.36. The molecule has 134 valence electrons. The smallest absolute Gasteiger partial charge is 0.0623 e. The molecule has 0 radical (unpaired) electrons. The Bertz CT molecular complexity index is 821. The molecule has 0 amide bonds. The molecule has 0 unspecified atom stereocenters. The largest absolute Gasteiger partial charge is 1.00 e. The van der Waals surface area contributed by atoms with E-state index in [4.69, 9.17) is 0 Å². The van der Waals surface area contributed by atoms with Crippen LogP contribution in [0.3, 0.4) is 0 Å². The van der Waals surface area contributed by atoms with Crippen molar-refractivity contribution in [3.8, 4) is 11.1 Å². The van der Waals surface area contributed by atoms with E-state index in [9.17, 15) is 0 Å². The predicted octanol–water partition coefficient (Wildman–Crippen LogP) is 0.324. The monoisotopic (exact) mass is 474 g/mol. The van der Waals surface area contributed by atoms with Crippen LogP contribution in [0.4, 0.5) is 0 Å². The van der Waals surface area contributed by atoms with E-state index in [0.717, 1.165) is 6.42 Å². The topological polar surface area (TPSA) is 0 Å². The van der Waals surface area contributed by atoms with Crippen LogP contribution in [-0.2, 0) is 23.3 Å². The maximum absolute atomic E-state index is 2.99. The molecule has 0 N–H and O–H groups in total. The molecule has 1 aliphatic rings. The summed E-state index contributed by atoms with van der Waals surface area (Å²) >= 11 is 1.74. The molecule has 3 aromatic carbocycles. The van der Waals surface area contributed by atoms with Crippen molar-refractivity contribution in [3.63, 3.8) is 0 Å². The fourth-order valence-corrected chi connectivity index (χ4v) is 2.36. The Balaban J connectivity index is 0.000000480. The zero-order valence-electron chi connectivity index (χ0n) is 15.0. The number of allylic oxidation sites excluding steroid dienone is 4. The normalized spacial score (nSPS) is 10.6. The van der Waals surface area contributed by atoms with Gasteiger partial charge in [-0.15, -0.1) is 53.1 Å². The molecule has 1 aliphatic carbocycles. The van der Waals surface area contributed by atoms with E-state index in [1.54, 1.807) is 23.3 Å². The predicted molar refractivity (Wildman–Crippen MR) is 104 cm³/mol. The van der Waals surface area contributed by atoms with Crippen molar-refractivity contribution >= 4 is 16.2 Å². The summed E-state index contributed by atoms with van der Waals surface area (Å²) in [5.74, 6) is 0. The van der Waals surface area contributed by atoms with Gasteiger partial charge in [-0.3, -0.25) is 6.08 Å². The standard InChI is InChI=1S/C15H11.C5H5.C2H6Si.2ClH.Zr/c1-2-6-12(7-3-1)15-11-10-13-8-4-5-9-14(13)15;1-2-4-5-3-1;1-3-2;;;/h1-11H;1-3H,4H2;1-2H3;2*1H;/q2*-1;;;;+2/p-2. The molecule has 0 heterocycles. The number of benzene rings is 2. The second-order valence-corrected chi connectivity index (χ2v) is 15.1. The van der Waals surface area contributed by atoms with Crippen LogP contribution in [0.1, 0.15) is 6.42 Å². The van der Waals surface area contributed by atoms with E-state index in [1.807, 2.05) is 12.2 Å². The van der Waals surface area contributed by atoms with Gasteiger partial charge in [0, 0.05) is 0 Å². The molecule has 0 spiro atoms. The second kappa shape index (κ2) is 14.3. The number of rotatable bonds is 1. The van der Waals surface area contributed by atoms with Gasteiger partial charge in [0.2, 0.25) is 0 Å². The summed E-state index contributed by atoms with van der Waals surface area (Å²) in [5, 5.41) is 2.65. The molecule has 0 atom stereocenters. The molecule has 0 nitrogen and oxygen atoms in total. The summed E-state index contributed by atoms with van der Waals surface area (Å²) in [6.07, 6.45) is 10.0. The van der Waals surface area contributed by atoms with E-state index in [-0.39, 0.29) is 30.2 Å². The summed E-state index contributed by atoms with van der Waals surface area (Å²) in [6.45, 7) is 4.62. The number of hydrogen-bond donors (Lipinski definition) is 0. The zero-order valence-corrected chi connectivity index (χ0v) is 20.0. The maximum Gasteiger partial charge on any atom is -0.0623 e. The maximum atomic E-state index is 2.99. The first-order chi connectivity index (χ1) is 11.7.